The number of nitrogens with zero attached hydrogens (tertiary/aromatic N) is 1. The Morgan fingerprint density at radius 3 is 2.17 bits per heavy atom. The lowest BCUT2D eigenvalue weighted by molar-refractivity contribution is -0.177. The highest BCUT2D eigenvalue weighted by Crippen LogP contribution is 2.37. The molecule has 0 spiro atoms. The maximum atomic E-state index is 12.7. The number of halogens is 3. The topological polar surface area (TPSA) is 29.3 Å². The normalized spacial score (nSPS) is 23.3. The third-order valence-electron chi connectivity index (χ3n) is 4.19. The van der Waals surface area contributed by atoms with Crippen molar-refractivity contribution < 1.29 is 13.2 Å². The Morgan fingerprint density at radius 1 is 1.28 bits per heavy atom. The molecular formula is C13H25F3N2. The molecule has 0 aromatic rings. The van der Waals surface area contributed by atoms with Gasteiger partial charge in [0.25, 0.3) is 0 Å². The van der Waals surface area contributed by atoms with Gasteiger partial charge in [0.05, 0.1) is 5.92 Å². The first kappa shape index (κ1) is 15.8. The van der Waals surface area contributed by atoms with Crippen molar-refractivity contribution in [2.75, 3.05) is 20.1 Å². The molecule has 0 saturated heterocycles. The number of rotatable bonds is 4. The molecule has 1 aliphatic rings. The second-order valence-electron chi connectivity index (χ2n) is 6.31. The maximum absolute atomic E-state index is 12.7. The average molecular weight is 266 g/mol. The zero-order valence-electron chi connectivity index (χ0n) is 11.6. The molecular weight excluding hydrogens is 241 g/mol. The van der Waals surface area contributed by atoms with Gasteiger partial charge in [0, 0.05) is 19.1 Å². The van der Waals surface area contributed by atoms with E-state index < -0.39 is 12.1 Å². The predicted molar refractivity (Wildman–Crippen MR) is 67.3 cm³/mol. The number of hydrogen-bond donors (Lipinski definition) is 1. The van der Waals surface area contributed by atoms with Crippen LogP contribution in [-0.4, -0.2) is 37.3 Å². The van der Waals surface area contributed by atoms with Crippen molar-refractivity contribution in [3.63, 3.8) is 0 Å². The van der Waals surface area contributed by atoms with Gasteiger partial charge in [0.2, 0.25) is 0 Å². The molecule has 0 amide bonds. The van der Waals surface area contributed by atoms with Gasteiger partial charge in [-0.3, -0.25) is 0 Å². The second-order valence-corrected chi connectivity index (χ2v) is 6.31. The Bertz CT molecular complexity index is 253. The molecule has 5 heteroatoms. The van der Waals surface area contributed by atoms with Crippen LogP contribution >= 0.6 is 0 Å². The molecule has 1 fully saturated rings. The largest absolute Gasteiger partial charge is 0.394 e. The summed E-state index contributed by atoms with van der Waals surface area (Å²) < 4.78 is 38.0. The molecule has 0 aromatic heterocycles. The van der Waals surface area contributed by atoms with Crippen LogP contribution in [0.3, 0.4) is 0 Å². The van der Waals surface area contributed by atoms with Crippen molar-refractivity contribution >= 4 is 0 Å². The molecule has 0 bridgehead atoms. The summed E-state index contributed by atoms with van der Waals surface area (Å²) in [4.78, 5) is 1.85. The molecule has 2 nitrogen and oxygen atoms in total. The van der Waals surface area contributed by atoms with Gasteiger partial charge < -0.3 is 10.6 Å². The van der Waals surface area contributed by atoms with Crippen molar-refractivity contribution in [2.45, 2.75) is 51.7 Å². The van der Waals surface area contributed by atoms with E-state index >= 15 is 0 Å². The highest BCUT2D eigenvalue weighted by molar-refractivity contribution is 4.84. The third-order valence-corrected chi connectivity index (χ3v) is 4.19. The van der Waals surface area contributed by atoms with E-state index in [1.165, 1.54) is 0 Å². The standard InChI is InChI=1S/C13H25F3N2/c1-12(2)6-4-11(5-7-12)18(3)9-10(8-17)13(14,15)16/h10-11H,4-9,17H2,1-3H3. The summed E-state index contributed by atoms with van der Waals surface area (Å²) >= 11 is 0. The van der Waals surface area contributed by atoms with Gasteiger partial charge in [-0.25, -0.2) is 0 Å². The van der Waals surface area contributed by atoms with Crippen molar-refractivity contribution in [2.24, 2.45) is 17.1 Å². The third kappa shape index (κ3) is 4.43. The van der Waals surface area contributed by atoms with E-state index in [1.807, 2.05) is 4.90 Å². The lowest BCUT2D eigenvalue weighted by Gasteiger charge is -2.39. The van der Waals surface area contributed by atoms with E-state index in [0.29, 0.717) is 5.41 Å². The Kier molecular flexibility index (Phi) is 5.06. The minimum absolute atomic E-state index is 0.0189. The minimum atomic E-state index is -4.18. The van der Waals surface area contributed by atoms with Crippen LogP contribution in [0.1, 0.15) is 39.5 Å². The van der Waals surface area contributed by atoms with Crippen LogP contribution in [0, 0.1) is 11.3 Å². The lowest BCUT2D eigenvalue weighted by atomic mass is 9.75. The highest BCUT2D eigenvalue weighted by atomic mass is 19.4. The Balaban J connectivity index is 2.48. The Labute approximate surface area is 108 Å². The summed E-state index contributed by atoms with van der Waals surface area (Å²) in [6.45, 7) is 4.14. The van der Waals surface area contributed by atoms with E-state index in [0.717, 1.165) is 25.7 Å². The SMILES string of the molecule is CN(CC(CN)C(F)(F)F)C1CCC(C)(C)CC1. The molecule has 1 unspecified atom stereocenters. The summed E-state index contributed by atoms with van der Waals surface area (Å²) in [5, 5.41) is 0. The van der Waals surface area contributed by atoms with Crippen molar-refractivity contribution in [3.8, 4) is 0 Å². The molecule has 0 aromatic carbocycles. The fourth-order valence-corrected chi connectivity index (χ4v) is 2.63. The van der Waals surface area contributed by atoms with Gasteiger partial charge in [-0.1, -0.05) is 13.8 Å². The quantitative estimate of drug-likeness (QED) is 0.847. The number of nitrogens with two attached hydrogens (primary N) is 1. The zero-order chi connectivity index (χ0) is 14.0. The molecule has 1 saturated carbocycles. The van der Waals surface area contributed by atoms with E-state index in [-0.39, 0.29) is 19.1 Å². The zero-order valence-corrected chi connectivity index (χ0v) is 11.6. The Morgan fingerprint density at radius 2 is 1.78 bits per heavy atom. The van der Waals surface area contributed by atoms with Gasteiger partial charge in [0.15, 0.2) is 0 Å². The summed E-state index contributed by atoms with van der Waals surface area (Å²) in [7, 11) is 1.79. The van der Waals surface area contributed by atoms with E-state index in [4.69, 9.17) is 5.73 Å². The highest BCUT2D eigenvalue weighted by Gasteiger charge is 2.40. The average Bonchev–Trinajstić information content (AvgIpc) is 2.23. The summed E-state index contributed by atoms with van der Waals surface area (Å²) in [6, 6.07) is 0.273. The van der Waals surface area contributed by atoms with Crippen LogP contribution in [0.5, 0.6) is 0 Å². The van der Waals surface area contributed by atoms with Gasteiger partial charge in [-0.15, -0.1) is 0 Å². The molecule has 0 aliphatic heterocycles. The molecule has 1 atom stereocenters. The van der Waals surface area contributed by atoms with Gasteiger partial charge in [-0.05, 0) is 38.1 Å². The van der Waals surface area contributed by atoms with Gasteiger partial charge in [0.1, 0.15) is 0 Å². The summed E-state index contributed by atoms with van der Waals surface area (Å²) in [5.41, 5.74) is 5.58. The van der Waals surface area contributed by atoms with Crippen LogP contribution in [0.4, 0.5) is 13.2 Å². The Hall–Kier alpha value is -0.290. The fraction of sp³-hybridized carbons (Fsp3) is 1.00. The van der Waals surface area contributed by atoms with E-state index in [1.54, 1.807) is 7.05 Å². The molecule has 0 radical (unpaired) electrons. The van der Waals surface area contributed by atoms with Crippen LogP contribution < -0.4 is 5.73 Å². The van der Waals surface area contributed by atoms with Crippen molar-refractivity contribution in [1.29, 1.82) is 0 Å². The van der Waals surface area contributed by atoms with Gasteiger partial charge >= 0.3 is 6.18 Å². The first-order valence-corrected chi connectivity index (χ1v) is 6.63. The number of hydrogen-bond acceptors (Lipinski definition) is 2. The van der Waals surface area contributed by atoms with Crippen molar-refractivity contribution in [3.05, 3.63) is 0 Å². The second kappa shape index (κ2) is 5.78. The van der Waals surface area contributed by atoms with Crippen LogP contribution in [0.15, 0.2) is 0 Å². The van der Waals surface area contributed by atoms with E-state index in [2.05, 4.69) is 13.8 Å². The first-order valence-electron chi connectivity index (χ1n) is 6.63. The maximum Gasteiger partial charge on any atom is 0.394 e. The monoisotopic (exact) mass is 266 g/mol. The molecule has 1 aliphatic carbocycles. The van der Waals surface area contributed by atoms with Crippen molar-refractivity contribution in [1.82, 2.24) is 4.90 Å². The van der Waals surface area contributed by atoms with E-state index in [9.17, 15) is 13.2 Å². The lowest BCUT2D eigenvalue weighted by Crippen LogP contribution is -2.45. The summed E-state index contributed by atoms with van der Waals surface area (Å²) in [5.74, 6) is -1.41. The van der Waals surface area contributed by atoms with Crippen LogP contribution in [-0.2, 0) is 0 Å². The van der Waals surface area contributed by atoms with Crippen LogP contribution in [0.25, 0.3) is 0 Å². The van der Waals surface area contributed by atoms with Gasteiger partial charge in [-0.2, -0.15) is 13.2 Å². The minimum Gasteiger partial charge on any atom is -0.330 e. The predicted octanol–water partition coefficient (Wildman–Crippen LogP) is 3.02. The molecule has 0 heterocycles. The first-order chi connectivity index (χ1) is 8.15. The smallest absolute Gasteiger partial charge is 0.330 e. The molecule has 18 heavy (non-hydrogen) atoms. The fourth-order valence-electron chi connectivity index (χ4n) is 2.63. The summed E-state index contributed by atoms with van der Waals surface area (Å²) in [6.07, 6.45) is -0.0448. The number of alkyl halides is 3. The molecule has 1 rings (SSSR count). The molecule has 108 valence electrons. The van der Waals surface area contributed by atoms with Crippen LogP contribution in [0.2, 0.25) is 0 Å². The molecule has 2 N–H and O–H groups in total.